The molecule has 3 fully saturated rings. The third-order valence-electron chi connectivity index (χ3n) is 8.94. The van der Waals surface area contributed by atoms with Crippen LogP contribution in [-0.2, 0) is 0 Å². The molecule has 1 amide bonds. The second-order valence-corrected chi connectivity index (χ2v) is 11.3. The number of nitrogens with zero attached hydrogens (tertiary/aromatic N) is 2. The lowest BCUT2D eigenvalue weighted by Crippen LogP contribution is -2.42. The summed E-state index contributed by atoms with van der Waals surface area (Å²) in [6, 6.07) is 15.6. The summed E-state index contributed by atoms with van der Waals surface area (Å²) in [5, 5.41) is 22.2. The summed E-state index contributed by atoms with van der Waals surface area (Å²) in [6.45, 7) is 2.09. The highest BCUT2D eigenvalue weighted by Crippen LogP contribution is 2.45. The molecule has 7 nitrogen and oxygen atoms in total. The Balaban J connectivity index is 1.07. The average Bonchev–Trinajstić information content (AvgIpc) is 2.96. The number of anilines is 1. The number of amides is 1. The largest absolute Gasteiger partial charge is 0.495 e. The number of benzene rings is 2. The Bertz CT molecular complexity index is 1130. The third kappa shape index (κ3) is 6.07. The minimum Gasteiger partial charge on any atom is -0.495 e. The van der Waals surface area contributed by atoms with Gasteiger partial charge in [0.15, 0.2) is 0 Å². The SMILES string of the molecule is COc1cc(OC2CCC(NC(=O)c3ccc(N4CCC5(CCC(O)CC5)CC4)cc3)CC2)ccc1C#N. The topological polar surface area (TPSA) is 94.8 Å². The van der Waals surface area contributed by atoms with E-state index in [0.717, 1.165) is 64.5 Å². The summed E-state index contributed by atoms with van der Waals surface area (Å²) < 4.78 is 11.4. The van der Waals surface area contributed by atoms with Crippen LogP contribution in [0.1, 0.15) is 80.1 Å². The van der Waals surface area contributed by atoms with E-state index in [-0.39, 0.29) is 24.2 Å². The highest BCUT2D eigenvalue weighted by atomic mass is 16.5. The Morgan fingerprint density at radius 3 is 2.32 bits per heavy atom. The predicted molar refractivity (Wildman–Crippen MR) is 147 cm³/mol. The normalized spacial score (nSPS) is 23.4. The monoisotopic (exact) mass is 517 g/mol. The van der Waals surface area contributed by atoms with Crippen LogP contribution in [0.5, 0.6) is 11.5 Å². The van der Waals surface area contributed by atoms with Gasteiger partial charge in [0.2, 0.25) is 0 Å². The van der Waals surface area contributed by atoms with Crippen LogP contribution in [-0.4, -0.2) is 49.5 Å². The molecule has 0 bridgehead atoms. The van der Waals surface area contributed by atoms with Gasteiger partial charge in [-0.2, -0.15) is 5.26 Å². The highest BCUT2D eigenvalue weighted by Gasteiger charge is 2.37. The molecule has 0 atom stereocenters. The van der Waals surface area contributed by atoms with Crippen LogP contribution >= 0.6 is 0 Å². The number of nitriles is 1. The number of hydrogen-bond donors (Lipinski definition) is 2. The molecule has 5 rings (SSSR count). The molecule has 2 N–H and O–H groups in total. The number of ether oxygens (including phenoxy) is 2. The van der Waals surface area contributed by atoms with Crippen molar-refractivity contribution in [2.24, 2.45) is 5.41 Å². The van der Waals surface area contributed by atoms with Gasteiger partial charge in [0.25, 0.3) is 5.91 Å². The van der Waals surface area contributed by atoms with E-state index in [4.69, 9.17) is 14.7 Å². The van der Waals surface area contributed by atoms with Crippen molar-refractivity contribution in [1.29, 1.82) is 5.26 Å². The Labute approximate surface area is 225 Å². The Morgan fingerprint density at radius 2 is 1.68 bits per heavy atom. The number of methoxy groups -OCH3 is 1. The first-order chi connectivity index (χ1) is 18.5. The van der Waals surface area contributed by atoms with Gasteiger partial charge in [-0.25, -0.2) is 0 Å². The van der Waals surface area contributed by atoms with Gasteiger partial charge in [-0.1, -0.05) is 0 Å². The zero-order chi connectivity index (χ0) is 26.5. The van der Waals surface area contributed by atoms with Crippen LogP contribution in [0.3, 0.4) is 0 Å². The van der Waals surface area contributed by atoms with Crippen molar-refractivity contribution in [3.8, 4) is 17.6 Å². The number of hydrogen-bond acceptors (Lipinski definition) is 6. The first kappa shape index (κ1) is 26.4. The molecule has 2 aliphatic carbocycles. The molecule has 1 saturated heterocycles. The zero-order valence-corrected chi connectivity index (χ0v) is 22.3. The van der Waals surface area contributed by atoms with Gasteiger partial charge in [0.05, 0.1) is 24.9 Å². The van der Waals surface area contributed by atoms with E-state index in [0.29, 0.717) is 28.0 Å². The lowest BCUT2D eigenvalue weighted by molar-refractivity contribution is 0.0478. The van der Waals surface area contributed by atoms with Crippen molar-refractivity contribution < 1.29 is 19.4 Å². The second kappa shape index (κ2) is 11.7. The molecule has 1 heterocycles. The summed E-state index contributed by atoms with van der Waals surface area (Å²) in [7, 11) is 1.55. The molecule has 1 spiro atoms. The van der Waals surface area contributed by atoms with Gasteiger partial charge >= 0.3 is 0 Å². The van der Waals surface area contributed by atoms with E-state index < -0.39 is 0 Å². The van der Waals surface area contributed by atoms with Gasteiger partial charge in [-0.15, -0.1) is 0 Å². The smallest absolute Gasteiger partial charge is 0.251 e. The lowest BCUT2D eigenvalue weighted by Gasteiger charge is -2.46. The second-order valence-electron chi connectivity index (χ2n) is 11.3. The van der Waals surface area contributed by atoms with E-state index in [2.05, 4.69) is 28.4 Å². The van der Waals surface area contributed by atoms with E-state index in [1.807, 2.05) is 18.2 Å². The third-order valence-corrected chi connectivity index (χ3v) is 8.94. The molecule has 3 aliphatic rings. The Kier molecular flexibility index (Phi) is 8.09. The van der Waals surface area contributed by atoms with Crippen molar-refractivity contribution in [2.45, 2.75) is 82.5 Å². The van der Waals surface area contributed by atoms with Crippen LogP contribution in [0.2, 0.25) is 0 Å². The molecule has 7 heteroatoms. The quantitative estimate of drug-likeness (QED) is 0.546. The van der Waals surface area contributed by atoms with E-state index >= 15 is 0 Å². The van der Waals surface area contributed by atoms with Gasteiger partial charge in [0, 0.05) is 36.4 Å². The first-order valence-electron chi connectivity index (χ1n) is 14.1. The van der Waals surface area contributed by atoms with Gasteiger partial charge in [0.1, 0.15) is 17.6 Å². The number of nitrogens with one attached hydrogen (secondary N) is 1. The highest BCUT2D eigenvalue weighted by molar-refractivity contribution is 5.94. The molecular formula is C31H39N3O4. The number of aliphatic hydroxyl groups is 1. The van der Waals surface area contributed by atoms with Crippen LogP contribution in [0.25, 0.3) is 0 Å². The summed E-state index contributed by atoms with van der Waals surface area (Å²) in [5.74, 6) is 1.21. The molecular weight excluding hydrogens is 478 g/mol. The molecule has 0 radical (unpaired) electrons. The maximum Gasteiger partial charge on any atom is 0.251 e. The molecule has 2 aromatic rings. The lowest BCUT2D eigenvalue weighted by atomic mass is 9.67. The summed E-state index contributed by atoms with van der Waals surface area (Å²) >= 11 is 0. The zero-order valence-electron chi connectivity index (χ0n) is 22.3. The Morgan fingerprint density at radius 1 is 1.00 bits per heavy atom. The van der Waals surface area contributed by atoms with Crippen molar-refractivity contribution in [2.75, 3.05) is 25.1 Å². The maximum atomic E-state index is 12.9. The fourth-order valence-electron chi connectivity index (χ4n) is 6.40. The average molecular weight is 518 g/mol. The summed E-state index contributed by atoms with van der Waals surface area (Å²) in [4.78, 5) is 15.3. The van der Waals surface area contributed by atoms with Gasteiger partial charge in [-0.3, -0.25) is 4.79 Å². The fraction of sp³-hybridized carbons (Fsp3) is 0.548. The molecule has 2 aromatic carbocycles. The summed E-state index contributed by atoms with van der Waals surface area (Å²) in [6.07, 6.45) is 10.0. The van der Waals surface area contributed by atoms with E-state index in [9.17, 15) is 9.90 Å². The summed E-state index contributed by atoms with van der Waals surface area (Å²) in [5.41, 5.74) is 2.80. The van der Waals surface area contributed by atoms with Gasteiger partial charge in [-0.05, 0) is 106 Å². The molecule has 1 aliphatic heterocycles. The standard InChI is InChI=1S/C31H39N3O4/c1-37-29-20-28(9-4-23(29)21-32)38-27-10-5-24(6-11-27)33-30(36)22-2-7-25(8-3-22)34-18-16-31(17-19-34)14-12-26(35)13-15-31/h2-4,7-9,20,24,26-27,35H,5-6,10-19H2,1H3,(H,33,36). The molecule has 2 saturated carbocycles. The van der Waals surface area contributed by atoms with Crippen molar-refractivity contribution in [3.05, 3.63) is 53.6 Å². The van der Waals surface area contributed by atoms with Crippen molar-refractivity contribution in [3.63, 3.8) is 0 Å². The Hall–Kier alpha value is -3.24. The predicted octanol–water partition coefficient (Wildman–Crippen LogP) is 5.21. The van der Waals surface area contributed by atoms with E-state index in [1.165, 1.54) is 18.5 Å². The van der Waals surface area contributed by atoms with Crippen LogP contribution in [0.15, 0.2) is 42.5 Å². The fourth-order valence-corrected chi connectivity index (χ4v) is 6.40. The number of piperidine rings is 1. The van der Waals surface area contributed by atoms with Crippen LogP contribution in [0, 0.1) is 16.7 Å². The van der Waals surface area contributed by atoms with E-state index in [1.54, 1.807) is 19.2 Å². The van der Waals surface area contributed by atoms with Crippen LogP contribution < -0.4 is 19.7 Å². The minimum atomic E-state index is -0.0979. The number of rotatable bonds is 6. The van der Waals surface area contributed by atoms with Crippen LogP contribution in [0.4, 0.5) is 5.69 Å². The number of carbonyl (C=O) groups is 1. The minimum absolute atomic E-state index is 0.0175. The maximum absolute atomic E-state index is 12.9. The molecule has 0 aromatic heterocycles. The number of carbonyl (C=O) groups excluding carboxylic acids is 1. The first-order valence-corrected chi connectivity index (χ1v) is 14.1. The van der Waals surface area contributed by atoms with Gasteiger partial charge < -0.3 is 24.8 Å². The molecule has 38 heavy (non-hydrogen) atoms. The molecule has 202 valence electrons. The van der Waals surface area contributed by atoms with Crippen molar-refractivity contribution in [1.82, 2.24) is 5.32 Å². The van der Waals surface area contributed by atoms with Crippen molar-refractivity contribution >= 4 is 11.6 Å². The molecule has 0 unspecified atom stereocenters. The number of aliphatic hydroxyl groups excluding tert-OH is 1.